The van der Waals surface area contributed by atoms with Crippen LogP contribution < -0.4 is 5.69 Å². The highest BCUT2D eigenvalue weighted by atomic mass is 16.1. The van der Waals surface area contributed by atoms with Gasteiger partial charge in [-0.3, -0.25) is 14.1 Å². The number of fused-ring (bicyclic) bond motifs is 1. The summed E-state index contributed by atoms with van der Waals surface area (Å²) < 4.78 is 3.23. The van der Waals surface area contributed by atoms with Gasteiger partial charge in [-0.25, -0.2) is 4.79 Å². The summed E-state index contributed by atoms with van der Waals surface area (Å²) in [5.74, 6) is 0. The summed E-state index contributed by atoms with van der Waals surface area (Å²) in [5, 5.41) is 0. The van der Waals surface area contributed by atoms with Crippen molar-refractivity contribution in [3.63, 3.8) is 0 Å². The second kappa shape index (κ2) is 4.29. The third kappa shape index (κ3) is 1.79. The SMILES string of the molecule is CC.Cc1cc2c(cn1)n(C)c(=O)n2C. The fraction of sp³-hybridized carbons (Fsp3) is 0.455. The molecule has 0 saturated carbocycles. The molecule has 0 bridgehead atoms. The molecular formula is C11H17N3O. The number of rotatable bonds is 0. The van der Waals surface area contributed by atoms with Crippen molar-refractivity contribution in [2.24, 2.45) is 14.1 Å². The van der Waals surface area contributed by atoms with Crippen LogP contribution in [0.1, 0.15) is 19.5 Å². The van der Waals surface area contributed by atoms with Crippen LogP contribution in [0, 0.1) is 6.92 Å². The van der Waals surface area contributed by atoms with Gasteiger partial charge in [-0.05, 0) is 13.0 Å². The summed E-state index contributed by atoms with van der Waals surface area (Å²) in [6, 6.07) is 1.91. The fourth-order valence-corrected chi connectivity index (χ4v) is 1.50. The first-order valence-electron chi connectivity index (χ1n) is 5.09. The Morgan fingerprint density at radius 1 is 1.13 bits per heavy atom. The molecule has 0 unspecified atom stereocenters. The average Bonchev–Trinajstić information content (AvgIpc) is 2.47. The van der Waals surface area contributed by atoms with Gasteiger partial charge in [-0.1, -0.05) is 13.8 Å². The van der Waals surface area contributed by atoms with E-state index in [-0.39, 0.29) is 5.69 Å². The number of hydrogen-bond acceptors (Lipinski definition) is 2. The number of pyridine rings is 1. The van der Waals surface area contributed by atoms with E-state index in [0.717, 1.165) is 16.7 Å². The molecule has 0 saturated heterocycles. The Bertz CT molecular complexity index is 522. The highest BCUT2D eigenvalue weighted by molar-refractivity contribution is 5.75. The Labute approximate surface area is 89.2 Å². The van der Waals surface area contributed by atoms with Crippen molar-refractivity contribution < 1.29 is 0 Å². The van der Waals surface area contributed by atoms with Gasteiger partial charge < -0.3 is 0 Å². The molecule has 0 aromatic carbocycles. The van der Waals surface area contributed by atoms with Crippen LogP contribution in [0.2, 0.25) is 0 Å². The Kier molecular flexibility index (Phi) is 3.29. The molecule has 15 heavy (non-hydrogen) atoms. The Balaban J connectivity index is 0.000000531. The third-order valence-corrected chi connectivity index (χ3v) is 2.30. The van der Waals surface area contributed by atoms with Crippen molar-refractivity contribution in [1.82, 2.24) is 14.1 Å². The summed E-state index contributed by atoms with van der Waals surface area (Å²) in [6.07, 6.45) is 1.73. The Morgan fingerprint density at radius 2 is 1.67 bits per heavy atom. The maximum Gasteiger partial charge on any atom is 0.328 e. The molecule has 0 spiro atoms. The van der Waals surface area contributed by atoms with Crippen LogP contribution in [0.25, 0.3) is 11.0 Å². The first-order valence-corrected chi connectivity index (χ1v) is 5.09. The highest BCUT2D eigenvalue weighted by Gasteiger charge is 2.06. The first kappa shape index (κ1) is 11.5. The summed E-state index contributed by atoms with van der Waals surface area (Å²) >= 11 is 0. The van der Waals surface area contributed by atoms with E-state index in [1.807, 2.05) is 26.8 Å². The number of aryl methyl sites for hydroxylation is 3. The molecule has 0 amide bonds. The van der Waals surface area contributed by atoms with Crippen LogP contribution in [0.5, 0.6) is 0 Å². The maximum atomic E-state index is 11.5. The summed E-state index contributed by atoms with van der Waals surface area (Å²) in [6.45, 7) is 5.91. The van der Waals surface area contributed by atoms with Gasteiger partial charge in [-0.2, -0.15) is 0 Å². The van der Waals surface area contributed by atoms with Gasteiger partial charge in [0.1, 0.15) is 0 Å². The topological polar surface area (TPSA) is 39.8 Å². The van der Waals surface area contributed by atoms with Crippen molar-refractivity contribution in [3.8, 4) is 0 Å². The monoisotopic (exact) mass is 207 g/mol. The second-order valence-corrected chi connectivity index (χ2v) is 3.22. The van der Waals surface area contributed by atoms with Gasteiger partial charge in [0.15, 0.2) is 0 Å². The Hall–Kier alpha value is -1.58. The lowest BCUT2D eigenvalue weighted by atomic mass is 10.3. The van der Waals surface area contributed by atoms with Crippen molar-refractivity contribution in [2.75, 3.05) is 0 Å². The van der Waals surface area contributed by atoms with Crippen molar-refractivity contribution >= 4 is 11.0 Å². The lowest BCUT2D eigenvalue weighted by Gasteiger charge is -1.94. The van der Waals surface area contributed by atoms with E-state index in [0.29, 0.717) is 0 Å². The molecular weight excluding hydrogens is 190 g/mol. The fourth-order valence-electron chi connectivity index (χ4n) is 1.50. The number of nitrogens with zero attached hydrogens (tertiary/aromatic N) is 3. The van der Waals surface area contributed by atoms with E-state index in [2.05, 4.69) is 4.98 Å². The maximum absolute atomic E-state index is 11.5. The molecule has 0 aliphatic heterocycles. The molecule has 2 heterocycles. The zero-order valence-corrected chi connectivity index (χ0v) is 9.90. The minimum absolute atomic E-state index is 0.0117. The van der Waals surface area contributed by atoms with Crippen molar-refractivity contribution in [1.29, 1.82) is 0 Å². The molecule has 2 aromatic rings. The molecule has 2 rings (SSSR count). The summed E-state index contributed by atoms with van der Waals surface area (Å²) in [5.41, 5.74) is 2.72. The van der Waals surface area contributed by atoms with Gasteiger partial charge in [0.2, 0.25) is 0 Å². The zero-order valence-electron chi connectivity index (χ0n) is 9.90. The molecule has 0 aliphatic rings. The van der Waals surface area contributed by atoms with Crippen LogP contribution in [0.15, 0.2) is 17.1 Å². The normalized spacial score (nSPS) is 9.93. The van der Waals surface area contributed by atoms with Gasteiger partial charge in [0.05, 0.1) is 17.2 Å². The van der Waals surface area contributed by atoms with E-state index >= 15 is 0 Å². The molecule has 0 N–H and O–H groups in total. The van der Waals surface area contributed by atoms with Crippen molar-refractivity contribution in [3.05, 3.63) is 28.4 Å². The first-order chi connectivity index (χ1) is 7.11. The van der Waals surface area contributed by atoms with Crippen LogP contribution in [-0.2, 0) is 14.1 Å². The Morgan fingerprint density at radius 3 is 2.27 bits per heavy atom. The lowest BCUT2D eigenvalue weighted by Crippen LogP contribution is -2.19. The predicted molar refractivity (Wildman–Crippen MR) is 62.0 cm³/mol. The van der Waals surface area contributed by atoms with E-state index in [1.165, 1.54) is 0 Å². The van der Waals surface area contributed by atoms with Crippen LogP contribution in [-0.4, -0.2) is 14.1 Å². The molecule has 4 heteroatoms. The third-order valence-electron chi connectivity index (χ3n) is 2.30. The smallest absolute Gasteiger partial charge is 0.295 e. The summed E-state index contributed by atoms with van der Waals surface area (Å²) in [7, 11) is 3.52. The lowest BCUT2D eigenvalue weighted by molar-refractivity contribution is 0.795. The molecule has 2 aromatic heterocycles. The quantitative estimate of drug-likeness (QED) is 0.658. The highest BCUT2D eigenvalue weighted by Crippen LogP contribution is 2.10. The van der Waals surface area contributed by atoms with E-state index < -0.39 is 0 Å². The number of aromatic nitrogens is 3. The molecule has 0 fully saturated rings. The molecule has 0 atom stereocenters. The predicted octanol–water partition coefficient (Wildman–Crippen LogP) is 1.61. The van der Waals surface area contributed by atoms with Crippen LogP contribution in [0.3, 0.4) is 0 Å². The number of hydrogen-bond donors (Lipinski definition) is 0. The molecule has 82 valence electrons. The second-order valence-electron chi connectivity index (χ2n) is 3.22. The molecule has 0 aliphatic carbocycles. The standard InChI is InChI=1S/C9H11N3O.C2H6/c1-6-4-7-8(5-10-6)12(3)9(13)11(7)2;1-2/h4-5H,1-3H3;1-2H3. The van der Waals surface area contributed by atoms with Gasteiger partial charge in [0.25, 0.3) is 0 Å². The molecule has 0 radical (unpaired) electrons. The molecule has 4 nitrogen and oxygen atoms in total. The van der Waals surface area contributed by atoms with Gasteiger partial charge >= 0.3 is 5.69 Å². The van der Waals surface area contributed by atoms with Gasteiger partial charge in [-0.15, -0.1) is 0 Å². The van der Waals surface area contributed by atoms with Crippen LogP contribution in [0.4, 0.5) is 0 Å². The largest absolute Gasteiger partial charge is 0.328 e. The van der Waals surface area contributed by atoms with Gasteiger partial charge in [0, 0.05) is 19.8 Å². The van der Waals surface area contributed by atoms with Crippen LogP contribution >= 0.6 is 0 Å². The average molecular weight is 207 g/mol. The van der Waals surface area contributed by atoms with E-state index in [9.17, 15) is 4.79 Å². The summed E-state index contributed by atoms with van der Waals surface area (Å²) in [4.78, 5) is 15.6. The number of imidazole rings is 1. The zero-order chi connectivity index (χ0) is 11.6. The van der Waals surface area contributed by atoms with Crippen molar-refractivity contribution in [2.45, 2.75) is 20.8 Å². The van der Waals surface area contributed by atoms with E-state index in [1.54, 1.807) is 29.4 Å². The minimum Gasteiger partial charge on any atom is -0.295 e. The minimum atomic E-state index is -0.0117. The van der Waals surface area contributed by atoms with E-state index in [4.69, 9.17) is 0 Å².